The molecule has 0 aliphatic heterocycles. The molecule has 0 amide bonds. The van der Waals surface area contributed by atoms with Crippen LogP contribution in [0.25, 0.3) is 0 Å². The van der Waals surface area contributed by atoms with Gasteiger partial charge in [-0.3, -0.25) is 0 Å². The van der Waals surface area contributed by atoms with Gasteiger partial charge in [-0.25, -0.2) is 0 Å². The van der Waals surface area contributed by atoms with Crippen molar-refractivity contribution in [3.63, 3.8) is 0 Å². The Morgan fingerprint density at radius 3 is 0.396 bits per heavy atom. The van der Waals surface area contributed by atoms with Gasteiger partial charge in [-0.1, -0.05) is 0 Å². The van der Waals surface area contributed by atoms with E-state index in [2.05, 4.69) is 503 Å². The monoisotopic (exact) mass is 6730 g/mol. The van der Waals surface area contributed by atoms with Gasteiger partial charge >= 0.3 is 713 Å². The van der Waals surface area contributed by atoms with Crippen molar-refractivity contribution >= 4 is 700 Å². The summed E-state index contributed by atoms with van der Waals surface area (Å²) in [5.41, 5.74) is 0. The fourth-order valence-electron chi connectivity index (χ4n) is 0.725. The van der Waals surface area contributed by atoms with Gasteiger partial charge in [0.15, 0.2) is 0 Å². The van der Waals surface area contributed by atoms with E-state index in [1.165, 1.54) is 0 Å². The molecule has 53 heteroatoms. The Bertz CT molecular complexity index is 948. The van der Waals surface area contributed by atoms with Gasteiger partial charge in [-0.05, 0) is 0 Å². The number of rotatable bonds is 25. The Morgan fingerprint density at radius 1 is 0.170 bits per heavy atom. The van der Waals surface area contributed by atoms with Crippen molar-refractivity contribution in [2.75, 3.05) is 0 Å². The number of hydrogen-bond donors (Lipinski definition) is 0. The fourth-order valence-corrected chi connectivity index (χ4v) is 9850. The third-order valence-electron chi connectivity index (χ3n) is 2.00. The standard InChI is InChI=1S/I53/c1-28-30(4)32(6)34(8)36(10)38(12)40(14)42(16)44(18)46(20)48(22)50(24)52(26)53(27)51(25)49(23)47(21)45(19)43(17)41(15)39(13)37(11)35(9)33(7)31(5)29(2)3/q-1. The molecule has 0 saturated heterocycles. The Labute approximate surface area is 670 Å². The van der Waals surface area contributed by atoms with E-state index >= 15 is 0 Å². The molecule has 0 aromatic heterocycles. The van der Waals surface area contributed by atoms with Crippen molar-refractivity contribution in [2.45, 2.75) is 0 Å². The Kier molecular flexibility index (Phi) is 95.9. The first-order valence-electron chi connectivity index (χ1n) is 7.43. The van der Waals surface area contributed by atoms with Crippen LogP contribution in [0.3, 0.4) is 0 Å². The summed E-state index contributed by atoms with van der Waals surface area (Å²) in [6.07, 6.45) is 0. The number of hydrogen-bond acceptors (Lipinski definition) is 0. The summed E-state index contributed by atoms with van der Waals surface area (Å²) in [4.78, 5) is 0. The first-order valence-corrected chi connectivity index (χ1v) is 334. The summed E-state index contributed by atoms with van der Waals surface area (Å²) in [6, 6.07) is 0. The van der Waals surface area contributed by atoms with Gasteiger partial charge in [0.25, 0.3) is 0 Å². The molecular formula is I53-. The molecule has 0 fully saturated rings. The van der Waals surface area contributed by atoms with E-state index in [-0.39, 0.29) is 0 Å². The van der Waals surface area contributed by atoms with Crippen LogP contribution in [0.15, 0.2) is 0 Å². The van der Waals surface area contributed by atoms with Crippen LogP contribution in [0.4, 0.5) is 0 Å². The van der Waals surface area contributed by atoms with E-state index in [1.807, 2.05) is 0 Å². The summed E-state index contributed by atoms with van der Waals surface area (Å²) < 4.78 is 0. The molecule has 0 aromatic carbocycles. The molecule has 0 aliphatic carbocycles. The predicted molar refractivity (Wildman–Crippen MR) is 729 cm³/mol. The molecule has 0 rings (SSSR count). The molecule has 0 saturated carbocycles. The van der Waals surface area contributed by atoms with E-state index in [1.54, 1.807) is 0 Å². The topological polar surface area (TPSA) is 0 Å². The van der Waals surface area contributed by atoms with E-state index in [9.17, 15) is 0 Å². The number of halogens is 53. The SMILES string of the molecule is I[I-]I(I)I(I)I(I)I(I)I(I)I(I)I(I)I(I)I(I)I(I)I(I)I(I)I(I)I(I)I(I)I(I)I(I)I(I)I(I)I(I)I(I)I(I)I(I)I(I)I(I)I. The Hall–Kier alpha value is 38.7. The van der Waals surface area contributed by atoms with Crippen molar-refractivity contribution in [3.8, 4) is 0 Å². The van der Waals surface area contributed by atoms with Crippen LogP contribution in [-0.2, 0) is 0 Å². The predicted octanol–water partition coefficient (Wildman–Crippen LogP) is 43.1. The van der Waals surface area contributed by atoms with Crippen LogP contribution in [0.5, 0.6) is 0 Å². The van der Waals surface area contributed by atoms with E-state index in [0.29, 0.717) is 13.3 Å². The van der Waals surface area contributed by atoms with Crippen LogP contribution in [0.2, 0.25) is 0 Å². The normalized spacial score (nSPS) is 18.8. The van der Waals surface area contributed by atoms with Crippen molar-refractivity contribution in [1.29, 1.82) is 0 Å². The van der Waals surface area contributed by atoms with E-state index in [4.69, 9.17) is 0 Å². The molecule has 0 aliphatic rings. The zero-order chi connectivity index (χ0) is 42.1. The first kappa shape index (κ1) is 91.7. The summed E-state index contributed by atoms with van der Waals surface area (Å²) in [5.74, 6) is 0. The van der Waals surface area contributed by atoms with Crippen LogP contribution < -0.4 is 13.3 Å². The molecule has 0 unspecified atom stereocenters. The van der Waals surface area contributed by atoms with E-state index < -0.39 is 197 Å². The van der Waals surface area contributed by atoms with Crippen LogP contribution in [0.1, 0.15) is 0 Å². The van der Waals surface area contributed by atoms with Crippen LogP contribution in [-0.4, -0.2) is 0 Å². The summed E-state index contributed by atoms with van der Waals surface area (Å²) in [7, 11) is -13.4. The molecule has 0 radical (unpaired) electrons. The molecule has 0 heterocycles. The molecule has 0 N–H and O–H groups in total. The second-order valence-electron chi connectivity index (χ2n) is 4.10. The molecule has 0 atom stereocenters. The Balaban J connectivity index is 5.59. The minimum atomic E-state index is -0.583. The average molecular weight is 6730 g/mol. The zero-order valence-corrected chi connectivity index (χ0v) is 134. The molecule has 53 heavy (non-hydrogen) atoms. The van der Waals surface area contributed by atoms with Gasteiger partial charge in [-0.2, -0.15) is 0 Å². The molecular weight excluding hydrogens is 6730 g/mol. The summed E-state index contributed by atoms with van der Waals surface area (Å²) in [6.45, 7) is 0. The van der Waals surface area contributed by atoms with Crippen LogP contribution in [0, 0.1) is 0 Å². The van der Waals surface area contributed by atoms with E-state index in [0.717, 1.165) is 0 Å². The molecule has 0 nitrogen and oxygen atoms in total. The molecule has 372 valence electrons. The summed E-state index contributed by atoms with van der Waals surface area (Å²) >= 11 is 89.3. The van der Waals surface area contributed by atoms with Gasteiger partial charge in [0.1, 0.15) is 0 Å². The van der Waals surface area contributed by atoms with Gasteiger partial charge in [-0.15, -0.1) is 0 Å². The van der Waals surface area contributed by atoms with Gasteiger partial charge in [0, 0.05) is 0 Å². The quantitative estimate of drug-likeness (QED) is 0.0799. The van der Waals surface area contributed by atoms with Crippen molar-refractivity contribution in [3.05, 3.63) is 0 Å². The zero-order valence-electron chi connectivity index (χ0n) is 20.0. The average Bonchev–Trinajstić information content (AvgIpc) is 3.16. The molecule has 0 spiro atoms. The van der Waals surface area contributed by atoms with Gasteiger partial charge < -0.3 is 0 Å². The molecule has 0 bridgehead atoms. The van der Waals surface area contributed by atoms with Gasteiger partial charge in [0.2, 0.25) is 0 Å². The molecule has 0 aromatic rings. The second kappa shape index (κ2) is 55.5. The minimum absolute atomic E-state index is 0.399. The maximum absolute atomic E-state index is 3.40. The second-order valence-corrected chi connectivity index (χ2v) is 1240. The first-order chi connectivity index (χ1) is 24.1. The van der Waals surface area contributed by atoms with Crippen molar-refractivity contribution in [2.24, 2.45) is 0 Å². The third-order valence-corrected chi connectivity index (χ3v) is 4050. The van der Waals surface area contributed by atoms with Crippen molar-refractivity contribution < 1.29 is 13.3 Å². The third kappa shape index (κ3) is 38.2. The fraction of sp³-hybridized carbons (Fsp3) is 0. The van der Waals surface area contributed by atoms with Gasteiger partial charge in [0.05, 0.1) is 0 Å². The van der Waals surface area contributed by atoms with Crippen molar-refractivity contribution in [1.82, 2.24) is 0 Å². The Morgan fingerprint density at radius 2 is 0.283 bits per heavy atom. The summed E-state index contributed by atoms with van der Waals surface area (Å²) in [5, 5.41) is 0. The van der Waals surface area contributed by atoms with Crippen LogP contribution >= 0.6 is 700 Å². The maximum atomic E-state index is 3.40.